The molecule has 268 valence electrons. The molecule has 3 amide bonds. The predicted molar refractivity (Wildman–Crippen MR) is 189 cm³/mol. The number of aliphatic hydroxyl groups is 1. The summed E-state index contributed by atoms with van der Waals surface area (Å²) in [6, 6.07) is 16.3. The molecular formula is C40H51N3O7. The normalized spacial score (nSPS) is 25.5. The number of benzene rings is 2. The van der Waals surface area contributed by atoms with Gasteiger partial charge in [0.25, 0.3) is 0 Å². The maximum atomic E-state index is 14.8. The van der Waals surface area contributed by atoms with Gasteiger partial charge < -0.3 is 29.3 Å². The number of carbonyl (C=O) groups is 4. The van der Waals surface area contributed by atoms with Gasteiger partial charge in [-0.25, -0.2) is 0 Å². The zero-order valence-corrected chi connectivity index (χ0v) is 29.6. The van der Waals surface area contributed by atoms with E-state index in [2.05, 4.69) is 13.2 Å². The lowest BCUT2D eigenvalue weighted by atomic mass is 9.70. The van der Waals surface area contributed by atoms with Crippen molar-refractivity contribution in [1.82, 2.24) is 14.7 Å². The van der Waals surface area contributed by atoms with E-state index >= 15 is 0 Å². The summed E-state index contributed by atoms with van der Waals surface area (Å²) in [5, 5.41) is 10.8. The van der Waals surface area contributed by atoms with Crippen LogP contribution in [0.2, 0.25) is 0 Å². The summed E-state index contributed by atoms with van der Waals surface area (Å²) in [6.07, 6.45) is 3.89. The molecule has 3 aliphatic rings. The van der Waals surface area contributed by atoms with Crippen LogP contribution in [0.5, 0.6) is 0 Å². The Morgan fingerprint density at radius 1 is 1.06 bits per heavy atom. The first-order valence-electron chi connectivity index (χ1n) is 17.7. The molecule has 0 radical (unpaired) electrons. The van der Waals surface area contributed by atoms with Gasteiger partial charge >= 0.3 is 5.97 Å². The van der Waals surface area contributed by atoms with Crippen molar-refractivity contribution in [3.63, 3.8) is 0 Å². The van der Waals surface area contributed by atoms with Crippen LogP contribution < -0.4 is 0 Å². The van der Waals surface area contributed by atoms with Gasteiger partial charge in [0.2, 0.25) is 17.7 Å². The molecule has 2 bridgehead atoms. The van der Waals surface area contributed by atoms with E-state index in [1.165, 1.54) is 4.90 Å². The Bertz CT molecular complexity index is 1550. The predicted octanol–water partition coefficient (Wildman–Crippen LogP) is 4.49. The minimum absolute atomic E-state index is 0.109. The Labute approximate surface area is 295 Å². The highest BCUT2D eigenvalue weighted by molar-refractivity contribution is 5.98. The average molecular weight is 686 g/mol. The standard InChI is InChI=1S/C40H51N3O7/c1-7-9-20-32(45)41(6)27(5)35(29-18-14-11-15-19-29)49-39(48)33-31-21-22-40(50-31)34(33)37(46)43(30(25-44)24-28-16-12-10-13-17-28)36(40)38(47)42(23-8-2)26(3)4/h7-8,10-19,26-27,30-31,33-36,44H,1-2,9,20-25H2,3-6H3/t27-,30-,31-,33+,34+,35+,36-,40+/m1/s1. The Hall–Kier alpha value is -4.28. The van der Waals surface area contributed by atoms with E-state index in [0.29, 0.717) is 31.2 Å². The molecule has 50 heavy (non-hydrogen) atoms. The van der Waals surface area contributed by atoms with Crippen LogP contribution in [0.1, 0.15) is 63.7 Å². The van der Waals surface area contributed by atoms with Gasteiger partial charge in [0, 0.05) is 26.1 Å². The Morgan fingerprint density at radius 2 is 1.72 bits per heavy atom. The Kier molecular flexibility index (Phi) is 11.6. The molecule has 3 fully saturated rings. The number of allylic oxidation sites excluding steroid dienone is 1. The maximum Gasteiger partial charge on any atom is 0.313 e. The quantitative estimate of drug-likeness (QED) is 0.205. The van der Waals surface area contributed by atoms with Crippen LogP contribution in [0.4, 0.5) is 0 Å². The number of esters is 1. The molecule has 3 saturated heterocycles. The van der Waals surface area contributed by atoms with Crippen molar-refractivity contribution in [3.05, 3.63) is 97.1 Å². The molecule has 3 aliphatic heterocycles. The molecule has 10 heteroatoms. The van der Waals surface area contributed by atoms with E-state index < -0.39 is 59.6 Å². The third kappa shape index (κ3) is 6.88. The number of aliphatic hydroxyl groups excluding tert-OH is 1. The molecule has 1 N–H and O–H groups in total. The number of hydrogen-bond acceptors (Lipinski definition) is 7. The van der Waals surface area contributed by atoms with Gasteiger partial charge in [-0.2, -0.15) is 0 Å². The van der Waals surface area contributed by atoms with Gasteiger partial charge in [-0.1, -0.05) is 72.8 Å². The third-order valence-corrected chi connectivity index (χ3v) is 10.8. The minimum atomic E-state index is -1.27. The lowest BCUT2D eigenvalue weighted by Crippen LogP contribution is -2.60. The first-order chi connectivity index (χ1) is 24.0. The minimum Gasteiger partial charge on any atom is -0.455 e. The van der Waals surface area contributed by atoms with Crippen LogP contribution in [0.15, 0.2) is 86.0 Å². The van der Waals surface area contributed by atoms with Gasteiger partial charge in [0.1, 0.15) is 17.7 Å². The molecule has 8 atom stereocenters. The van der Waals surface area contributed by atoms with Crippen LogP contribution in [0, 0.1) is 11.8 Å². The van der Waals surface area contributed by atoms with E-state index in [1.807, 2.05) is 81.4 Å². The van der Waals surface area contributed by atoms with Gasteiger partial charge in [-0.15, -0.1) is 13.2 Å². The molecule has 2 aromatic rings. The monoisotopic (exact) mass is 685 g/mol. The number of likely N-dealkylation sites (N-methyl/N-ethyl adjacent to an activating group) is 1. The van der Waals surface area contributed by atoms with Crippen LogP contribution >= 0.6 is 0 Å². The largest absolute Gasteiger partial charge is 0.455 e. The fourth-order valence-corrected chi connectivity index (χ4v) is 8.14. The van der Waals surface area contributed by atoms with Crippen LogP contribution in [-0.4, -0.2) is 99.6 Å². The molecule has 0 unspecified atom stereocenters. The second kappa shape index (κ2) is 15.7. The van der Waals surface area contributed by atoms with E-state index in [9.17, 15) is 24.3 Å². The van der Waals surface area contributed by atoms with Crippen molar-refractivity contribution in [2.45, 2.75) is 94.9 Å². The summed E-state index contributed by atoms with van der Waals surface area (Å²) in [5.74, 6) is -3.37. The van der Waals surface area contributed by atoms with Crippen LogP contribution in [-0.2, 0) is 35.1 Å². The summed E-state index contributed by atoms with van der Waals surface area (Å²) >= 11 is 0. The Morgan fingerprint density at radius 3 is 2.32 bits per heavy atom. The molecule has 2 aromatic carbocycles. The number of hydrogen-bond donors (Lipinski definition) is 1. The smallest absolute Gasteiger partial charge is 0.313 e. The zero-order valence-electron chi connectivity index (χ0n) is 29.6. The fraction of sp³-hybridized carbons (Fsp3) is 0.500. The second-order valence-corrected chi connectivity index (χ2v) is 14.0. The number of fused-ring (bicyclic) bond motifs is 1. The molecule has 1 spiro atoms. The van der Waals surface area contributed by atoms with Crippen molar-refractivity contribution in [3.8, 4) is 0 Å². The summed E-state index contributed by atoms with van der Waals surface area (Å²) in [7, 11) is 1.69. The molecular weight excluding hydrogens is 634 g/mol. The number of nitrogens with zero attached hydrogens (tertiary/aromatic N) is 3. The summed E-state index contributed by atoms with van der Waals surface area (Å²) in [6.45, 7) is 13.1. The van der Waals surface area contributed by atoms with Crippen LogP contribution in [0.25, 0.3) is 0 Å². The zero-order chi connectivity index (χ0) is 36.2. The topological polar surface area (TPSA) is 117 Å². The molecule has 0 aliphatic carbocycles. The fourth-order valence-electron chi connectivity index (χ4n) is 8.14. The SMILES string of the molecule is C=CCCC(=O)N(C)[C@H](C)[C@H](OC(=O)[C@@H]1[C@H]2C(=O)N([C@@H](CO)Cc3ccccc3)[C@H](C(=O)N(CC=C)C(C)C)[C@]23CC[C@H]1O3)c1ccccc1. The first kappa shape index (κ1) is 37.0. The number of likely N-dealkylation sites (tertiary alicyclic amines) is 1. The van der Waals surface area contributed by atoms with E-state index in [0.717, 1.165) is 5.56 Å². The van der Waals surface area contributed by atoms with Gasteiger partial charge in [-0.05, 0) is 57.6 Å². The van der Waals surface area contributed by atoms with Crippen molar-refractivity contribution < 1.29 is 33.8 Å². The maximum absolute atomic E-state index is 14.8. The first-order valence-corrected chi connectivity index (χ1v) is 17.7. The van der Waals surface area contributed by atoms with E-state index in [4.69, 9.17) is 9.47 Å². The van der Waals surface area contributed by atoms with Crippen molar-refractivity contribution in [1.29, 1.82) is 0 Å². The number of carbonyl (C=O) groups excluding carboxylic acids is 4. The van der Waals surface area contributed by atoms with Gasteiger partial charge in [0.05, 0.1) is 36.6 Å². The number of ether oxygens (including phenoxy) is 2. The Balaban J connectivity index is 1.52. The number of amides is 3. The van der Waals surface area contributed by atoms with E-state index in [1.54, 1.807) is 29.0 Å². The summed E-state index contributed by atoms with van der Waals surface area (Å²) < 4.78 is 13.0. The highest BCUT2D eigenvalue weighted by atomic mass is 16.6. The molecule has 10 nitrogen and oxygen atoms in total. The average Bonchev–Trinajstić information content (AvgIpc) is 3.77. The van der Waals surface area contributed by atoms with Gasteiger partial charge in [-0.3, -0.25) is 19.2 Å². The van der Waals surface area contributed by atoms with Gasteiger partial charge in [0.15, 0.2) is 0 Å². The van der Waals surface area contributed by atoms with E-state index in [-0.39, 0.29) is 37.4 Å². The lowest BCUT2D eigenvalue weighted by Gasteiger charge is -2.40. The highest BCUT2D eigenvalue weighted by Gasteiger charge is 2.75. The summed E-state index contributed by atoms with van der Waals surface area (Å²) in [5.41, 5.74) is 0.342. The van der Waals surface area contributed by atoms with Crippen LogP contribution in [0.3, 0.4) is 0 Å². The highest BCUT2D eigenvalue weighted by Crippen LogP contribution is 2.59. The molecule has 0 saturated carbocycles. The number of rotatable bonds is 16. The van der Waals surface area contributed by atoms with Crippen molar-refractivity contribution >= 4 is 23.7 Å². The molecule has 3 heterocycles. The van der Waals surface area contributed by atoms with Crippen molar-refractivity contribution in [2.75, 3.05) is 20.2 Å². The lowest BCUT2D eigenvalue weighted by molar-refractivity contribution is -0.165. The third-order valence-electron chi connectivity index (χ3n) is 10.8. The second-order valence-electron chi connectivity index (χ2n) is 14.0. The molecule has 5 rings (SSSR count). The van der Waals surface area contributed by atoms with Crippen molar-refractivity contribution in [2.24, 2.45) is 11.8 Å². The molecule has 0 aromatic heterocycles. The summed E-state index contributed by atoms with van der Waals surface area (Å²) in [4.78, 5) is 61.7.